The predicted molar refractivity (Wildman–Crippen MR) is 144 cm³/mol. The van der Waals surface area contributed by atoms with Crippen molar-refractivity contribution >= 4 is 44.0 Å². The fraction of sp³-hybridized carbons (Fsp3) is 0.480. The van der Waals surface area contributed by atoms with E-state index in [-0.39, 0.29) is 17.5 Å². The van der Waals surface area contributed by atoms with Gasteiger partial charge in [0.15, 0.2) is 5.82 Å². The monoisotopic (exact) mass is 513 g/mol. The zero-order valence-corrected chi connectivity index (χ0v) is 22.3. The molecule has 0 saturated carbocycles. The number of carbonyl (C=O) groups is 1. The van der Waals surface area contributed by atoms with Gasteiger partial charge in [0.2, 0.25) is 10.0 Å². The fourth-order valence-corrected chi connectivity index (χ4v) is 5.26. The molecule has 1 aliphatic heterocycles. The Labute approximate surface area is 212 Å². The molecule has 2 aromatic heterocycles. The zero-order chi connectivity index (χ0) is 26.1. The maximum absolute atomic E-state index is 13.2. The van der Waals surface area contributed by atoms with E-state index >= 15 is 0 Å². The Kier molecular flexibility index (Phi) is 7.12. The highest BCUT2D eigenvalue weighted by atomic mass is 32.2. The van der Waals surface area contributed by atoms with Gasteiger partial charge in [0.05, 0.1) is 18.1 Å². The molecule has 1 aromatic carbocycles. The average molecular weight is 514 g/mol. The summed E-state index contributed by atoms with van der Waals surface area (Å²) < 4.78 is 25.5. The van der Waals surface area contributed by atoms with Crippen LogP contribution in [-0.4, -0.2) is 71.6 Å². The first-order chi connectivity index (χ1) is 16.9. The van der Waals surface area contributed by atoms with Gasteiger partial charge in [-0.15, -0.1) is 0 Å². The smallest absolute Gasteiger partial charge is 0.270 e. The zero-order valence-electron chi connectivity index (χ0n) is 21.5. The van der Waals surface area contributed by atoms with Crippen molar-refractivity contribution in [3.63, 3.8) is 0 Å². The molecular weight excluding hydrogens is 478 g/mol. The van der Waals surface area contributed by atoms with Gasteiger partial charge in [-0.1, -0.05) is 0 Å². The van der Waals surface area contributed by atoms with Crippen LogP contribution in [0.4, 0.5) is 17.2 Å². The van der Waals surface area contributed by atoms with Gasteiger partial charge < -0.3 is 20.1 Å². The van der Waals surface area contributed by atoms with Crippen molar-refractivity contribution in [1.82, 2.24) is 19.9 Å². The van der Waals surface area contributed by atoms with E-state index in [1.165, 1.54) is 0 Å². The minimum atomic E-state index is -3.37. The van der Waals surface area contributed by atoms with Crippen molar-refractivity contribution in [3.05, 3.63) is 42.5 Å². The number of hydrogen-bond donors (Lipinski definition) is 3. The number of carbonyl (C=O) groups excluding carboxylic acids is 1. The Hall–Kier alpha value is -3.34. The second kappa shape index (κ2) is 9.96. The predicted octanol–water partition coefficient (Wildman–Crippen LogP) is 3.67. The molecule has 36 heavy (non-hydrogen) atoms. The maximum atomic E-state index is 13.2. The molecule has 1 fully saturated rings. The van der Waals surface area contributed by atoms with E-state index in [4.69, 9.17) is 0 Å². The van der Waals surface area contributed by atoms with Gasteiger partial charge in [0.1, 0.15) is 12.0 Å². The van der Waals surface area contributed by atoms with Crippen LogP contribution in [-0.2, 0) is 10.0 Å². The van der Waals surface area contributed by atoms with E-state index in [2.05, 4.69) is 57.6 Å². The van der Waals surface area contributed by atoms with Crippen LogP contribution < -0.4 is 14.9 Å². The van der Waals surface area contributed by atoms with Gasteiger partial charge in [-0.05, 0) is 64.8 Å². The average Bonchev–Trinajstić information content (AvgIpc) is 3.22. The number of benzene rings is 1. The molecule has 0 radical (unpaired) electrons. The normalized spacial score (nSPS) is 15.2. The Balaban J connectivity index is 1.45. The highest BCUT2D eigenvalue weighted by Crippen LogP contribution is 2.30. The lowest BCUT2D eigenvalue weighted by Crippen LogP contribution is -2.47. The highest BCUT2D eigenvalue weighted by Gasteiger charge is 2.29. The molecular formula is C25H35N7O3S. The van der Waals surface area contributed by atoms with Crippen LogP contribution in [0.5, 0.6) is 0 Å². The lowest BCUT2D eigenvalue weighted by molar-refractivity contribution is 0.0707. The maximum Gasteiger partial charge on any atom is 0.270 e. The third-order valence-electron chi connectivity index (χ3n) is 6.16. The molecule has 1 amide bonds. The van der Waals surface area contributed by atoms with Crippen molar-refractivity contribution < 1.29 is 13.2 Å². The van der Waals surface area contributed by atoms with E-state index in [9.17, 15) is 13.2 Å². The number of fused-ring (bicyclic) bond motifs is 1. The van der Waals surface area contributed by atoms with Gasteiger partial charge >= 0.3 is 0 Å². The standard InChI is InChI=1S/C25H35N7O3S/c1-6-32(23-22(15-26-16-27-23)29-25(2,3)4)19-9-11-31(12-10-19)24(33)21-14-17-13-18(30-36(5,34)35)7-8-20(17)28-21/h7-8,13-16,19,28-30H,6,9-12H2,1-5H3. The number of aromatic amines is 1. The van der Waals surface area contributed by atoms with Crippen molar-refractivity contribution in [3.8, 4) is 0 Å². The second-order valence-electron chi connectivity index (χ2n) is 10.3. The third kappa shape index (κ3) is 6.07. The molecule has 1 saturated heterocycles. The molecule has 1 aliphatic rings. The number of amides is 1. The number of sulfonamides is 1. The molecule has 0 spiro atoms. The van der Waals surface area contributed by atoms with E-state index in [1.807, 2.05) is 11.1 Å². The van der Waals surface area contributed by atoms with E-state index in [0.29, 0.717) is 24.5 Å². The lowest BCUT2D eigenvalue weighted by atomic mass is 10.0. The summed E-state index contributed by atoms with van der Waals surface area (Å²) in [5.41, 5.74) is 2.55. The molecule has 194 valence electrons. The van der Waals surface area contributed by atoms with Crippen LogP contribution >= 0.6 is 0 Å². The second-order valence-corrected chi connectivity index (χ2v) is 12.1. The number of aromatic nitrogens is 3. The number of nitrogens with one attached hydrogen (secondary N) is 3. The fourth-order valence-electron chi connectivity index (χ4n) is 4.70. The minimum Gasteiger partial charge on any atom is -0.376 e. The molecule has 11 heteroatoms. The first-order valence-corrected chi connectivity index (χ1v) is 14.1. The van der Waals surface area contributed by atoms with Crippen molar-refractivity contribution in [2.24, 2.45) is 0 Å². The molecule has 3 aromatic rings. The van der Waals surface area contributed by atoms with Crippen LogP contribution in [0.25, 0.3) is 10.9 Å². The van der Waals surface area contributed by atoms with Crippen LogP contribution in [0.1, 0.15) is 51.0 Å². The van der Waals surface area contributed by atoms with Crippen molar-refractivity contribution in [2.45, 2.75) is 52.1 Å². The number of rotatable bonds is 7. The van der Waals surface area contributed by atoms with Crippen LogP contribution in [0, 0.1) is 0 Å². The molecule has 10 nitrogen and oxygen atoms in total. The molecule has 4 rings (SSSR count). The van der Waals surface area contributed by atoms with E-state index in [0.717, 1.165) is 48.1 Å². The topological polar surface area (TPSA) is 123 Å². The largest absolute Gasteiger partial charge is 0.376 e. The highest BCUT2D eigenvalue weighted by molar-refractivity contribution is 7.92. The number of piperidine rings is 1. The summed E-state index contributed by atoms with van der Waals surface area (Å²) in [7, 11) is -3.37. The molecule has 0 unspecified atom stereocenters. The van der Waals surface area contributed by atoms with E-state index < -0.39 is 10.0 Å². The van der Waals surface area contributed by atoms with Crippen LogP contribution in [0.3, 0.4) is 0 Å². The lowest BCUT2D eigenvalue weighted by Gasteiger charge is -2.39. The molecule has 0 aliphatic carbocycles. The van der Waals surface area contributed by atoms with Gasteiger partial charge in [-0.25, -0.2) is 18.4 Å². The number of hydrogen-bond acceptors (Lipinski definition) is 7. The van der Waals surface area contributed by atoms with Crippen molar-refractivity contribution in [1.29, 1.82) is 0 Å². The van der Waals surface area contributed by atoms with Gasteiger partial charge in [-0.3, -0.25) is 9.52 Å². The summed E-state index contributed by atoms with van der Waals surface area (Å²) in [5, 5.41) is 4.29. The minimum absolute atomic E-state index is 0.0533. The third-order valence-corrected chi connectivity index (χ3v) is 6.77. The molecule has 3 heterocycles. The van der Waals surface area contributed by atoms with E-state index in [1.54, 1.807) is 30.6 Å². The van der Waals surface area contributed by atoms with Crippen LogP contribution in [0.15, 0.2) is 36.8 Å². The van der Waals surface area contributed by atoms with Crippen LogP contribution in [0.2, 0.25) is 0 Å². The number of nitrogens with zero attached hydrogens (tertiary/aromatic N) is 4. The quantitative estimate of drug-likeness (QED) is 0.440. The SMILES string of the molecule is CCN(c1ncncc1NC(C)(C)C)C1CCN(C(=O)c2cc3cc(NS(C)(=O)=O)ccc3[nH]2)CC1. The summed E-state index contributed by atoms with van der Waals surface area (Å²) in [6.07, 6.45) is 6.18. The molecule has 0 atom stereocenters. The summed E-state index contributed by atoms with van der Waals surface area (Å²) in [4.78, 5) is 29.4. The summed E-state index contributed by atoms with van der Waals surface area (Å²) in [6.45, 7) is 10.5. The first-order valence-electron chi connectivity index (χ1n) is 12.2. The first kappa shape index (κ1) is 25.7. The Morgan fingerprint density at radius 3 is 2.58 bits per heavy atom. The number of anilines is 3. The van der Waals surface area contributed by atoms with Gasteiger partial charge in [-0.2, -0.15) is 0 Å². The van der Waals surface area contributed by atoms with Gasteiger partial charge in [0.25, 0.3) is 5.91 Å². The summed E-state index contributed by atoms with van der Waals surface area (Å²) in [5.74, 6) is 0.837. The number of H-pyrrole nitrogens is 1. The number of likely N-dealkylation sites (tertiary alicyclic amines) is 1. The molecule has 3 N–H and O–H groups in total. The summed E-state index contributed by atoms with van der Waals surface area (Å²) in [6, 6.07) is 7.22. The van der Waals surface area contributed by atoms with Crippen molar-refractivity contribution in [2.75, 3.05) is 40.8 Å². The summed E-state index contributed by atoms with van der Waals surface area (Å²) >= 11 is 0. The molecule has 0 bridgehead atoms. The van der Waals surface area contributed by atoms with Gasteiger partial charge in [0, 0.05) is 47.8 Å². The Morgan fingerprint density at radius 2 is 1.94 bits per heavy atom. The Morgan fingerprint density at radius 1 is 1.22 bits per heavy atom. The Bertz CT molecular complexity index is 1340.